The molecule has 2 atom stereocenters. The first-order chi connectivity index (χ1) is 8.10. The normalized spacial score (nSPS) is 24.0. The van der Waals surface area contributed by atoms with Gasteiger partial charge in [-0.3, -0.25) is 4.90 Å². The van der Waals surface area contributed by atoms with Crippen molar-refractivity contribution in [3.63, 3.8) is 0 Å². The van der Waals surface area contributed by atoms with Crippen LogP contribution in [0.1, 0.15) is 24.5 Å². The van der Waals surface area contributed by atoms with Crippen LogP contribution in [0.5, 0.6) is 0 Å². The lowest BCUT2D eigenvalue weighted by Gasteiger charge is -2.21. The first kappa shape index (κ1) is 16.0. The molecular formula is C14H22BrClN2. The van der Waals surface area contributed by atoms with Gasteiger partial charge in [0.15, 0.2) is 0 Å². The van der Waals surface area contributed by atoms with Crippen molar-refractivity contribution >= 4 is 28.3 Å². The lowest BCUT2D eigenvalue weighted by molar-refractivity contribution is 0.256. The average molecular weight is 334 g/mol. The Hall–Kier alpha value is -0.0900. The third-order valence-electron chi connectivity index (χ3n) is 3.73. The van der Waals surface area contributed by atoms with Crippen LogP contribution in [-0.4, -0.2) is 24.0 Å². The predicted octanol–water partition coefficient (Wildman–Crippen LogP) is 3.35. The van der Waals surface area contributed by atoms with Gasteiger partial charge < -0.3 is 5.73 Å². The monoisotopic (exact) mass is 332 g/mol. The first-order valence-corrected chi connectivity index (χ1v) is 7.08. The predicted molar refractivity (Wildman–Crippen MR) is 83.2 cm³/mol. The molecule has 0 spiro atoms. The zero-order valence-electron chi connectivity index (χ0n) is 11.0. The molecule has 1 aromatic carbocycles. The second-order valence-electron chi connectivity index (χ2n) is 5.20. The van der Waals surface area contributed by atoms with Gasteiger partial charge in [0.25, 0.3) is 0 Å². The zero-order chi connectivity index (χ0) is 12.4. The minimum atomic E-state index is 0. The minimum Gasteiger partial charge on any atom is -0.330 e. The largest absolute Gasteiger partial charge is 0.330 e. The first-order valence-electron chi connectivity index (χ1n) is 6.29. The van der Waals surface area contributed by atoms with Crippen LogP contribution >= 0.6 is 28.3 Å². The van der Waals surface area contributed by atoms with E-state index in [1.54, 1.807) is 0 Å². The van der Waals surface area contributed by atoms with Crippen molar-refractivity contribution in [3.05, 3.63) is 33.8 Å². The van der Waals surface area contributed by atoms with Crippen LogP contribution in [-0.2, 0) is 6.54 Å². The van der Waals surface area contributed by atoms with Crippen LogP contribution in [0.2, 0.25) is 0 Å². The molecule has 0 radical (unpaired) electrons. The second kappa shape index (κ2) is 6.90. The quantitative estimate of drug-likeness (QED) is 0.919. The van der Waals surface area contributed by atoms with Crippen LogP contribution < -0.4 is 5.73 Å². The summed E-state index contributed by atoms with van der Waals surface area (Å²) in [6, 6.07) is 7.28. The van der Waals surface area contributed by atoms with E-state index in [2.05, 4.69) is 52.9 Å². The molecule has 0 saturated carbocycles. The highest BCUT2D eigenvalue weighted by Gasteiger charge is 2.27. The van der Waals surface area contributed by atoms with Crippen molar-refractivity contribution in [2.75, 3.05) is 13.1 Å². The summed E-state index contributed by atoms with van der Waals surface area (Å²) in [6.07, 6.45) is 1.24. The standard InChI is InChI=1S/C14H21BrN2.ClH/c1-10-5-12(3-4-14(10)15)8-17-9-13(7-16)6-11(17)2;/h3-5,11,13H,6-9,16H2,1-2H3;1H. The third kappa shape index (κ3) is 3.70. The summed E-state index contributed by atoms with van der Waals surface area (Å²) >= 11 is 3.54. The molecule has 2 nitrogen and oxygen atoms in total. The van der Waals surface area contributed by atoms with Crippen LogP contribution in [0.15, 0.2) is 22.7 Å². The average Bonchev–Trinajstić information content (AvgIpc) is 2.65. The van der Waals surface area contributed by atoms with E-state index < -0.39 is 0 Å². The highest BCUT2D eigenvalue weighted by molar-refractivity contribution is 9.10. The minimum absolute atomic E-state index is 0. The van der Waals surface area contributed by atoms with E-state index in [0.29, 0.717) is 12.0 Å². The lowest BCUT2D eigenvalue weighted by atomic mass is 10.1. The molecule has 1 aliphatic rings. The van der Waals surface area contributed by atoms with Crippen LogP contribution in [0, 0.1) is 12.8 Å². The summed E-state index contributed by atoms with van der Waals surface area (Å²) in [7, 11) is 0. The summed E-state index contributed by atoms with van der Waals surface area (Å²) in [6.45, 7) is 7.46. The summed E-state index contributed by atoms with van der Waals surface area (Å²) in [4.78, 5) is 2.54. The molecule has 0 aliphatic carbocycles. The summed E-state index contributed by atoms with van der Waals surface area (Å²) in [5.74, 6) is 0.682. The maximum atomic E-state index is 5.76. The number of likely N-dealkylation sites (tertiary alicyclic amines) is 1. The van der Waals surface area contributed by atoms with Gasteiger partial charge in [-0.1, -0.05) is 28.1 Å². The maximum Gasteiger partial charge on any atom is 0.0236 e. The number of rotatable bonds is 3. The van der Waals surface area contributed by atoms with Crippen LogP contribution in [0.25, 0.3) is 0 Å². The fourth-order valence-corrected chi connectivity index (χ4v) is 2.90. The van der Waals surface area contributed by atoms with E-state index >= 15 is 0 Å². The van der Waals surface area contributed by atoms with Crippen molar-refractivity contribution in [3.8, 4) is 0 Å². The van der Waals surface area contributed by atoms with Gasteiger partial charge in [0, 0.05) is 23.6 Å². The Labute approximate surface area is 124 Å². The fraction of sp³-hybridized carbons (Fsp3) is 0.571. The molecule has 0 aromatic heterocycles. The van der Waals surface area contributed by atoms with Crippen molar-refractivity contribution in [1.29, 1.82) is 0 Å². The third-order valence-corrected chi connectivity index (χ3v) is 4.62. The highest BCUT2D eigenvalue weighted by Crippen LogP contribution is 2.25. The number of aryl methyl sites for hydroxylation is 1. The van der Waals surface area contributed by atoms with E-state index in [1.807, 2.05) is 0 Å². The number of nitrogens with zero attached hydrogens (tertiary/aromatic N) is 1. The van der Waals surface area contributed by atoms with Gasteiger partial charge in [-0.05, 0) is 49.9 Å². The van der Waals surface area contributed by atoms with Crippen molar-refractivity contribution in [2.45, 2.75) is 32.9 Å². The van der Waals surface area contributed by atoms with Crippen LogP contribution in [0.4, 0.5) is 0 Å². The molecule has 0 amide bonds. The molecule has 1 saturated heterocycles. The Morgan fingerprint density at radius 3 is 2.72 bits per heavy atom. The van der Waals surface area contributed by atoms with E-state index in [-0.39, 0.29) is 12.4 Å². The van der Waals surface area contributed by atoms with E-state index in [1.165, 1.54) is 22.0 Å². The molecule has 0 bridgehead atoms. The van der Waals surface area contributed by atoms with Gasteiger partial charge >= 0.3 is 0 Å². The Kier molecular flexibility index (Phi) is 6.12. The van der Waals surface area contributed by atoms with Gasteiger partial charge in [-0.2, -0.15) is 0 Å². The molecular weight excluding hydrogens is 312 g/mol. The Bertz CT molecular complexity index is 397. The molecule has 1 heterocycles. The summed E-state index contributed by atoms with van der Waals surface area (Å²) < 4.78 is 1.19. The molecule has 102 valence electrons. The summed E-state index contributed by atoms with van der Waals surface area (Å²) in [5, 5.41) is 0. The van der Waals surface area contributed by atoms with Crippen molar-refractivity contribution in [1.82, 2.24) is 4.90 Å². The Morgan fingerprint density at radius 2 is 2.17 bits per heavy atom. The zero-order valence-corrected chi connectivity index (χ0v) is 13.4. The SMILES string of the molecule is Cc1cc(CN2CC(CN)CC2C)ccc1Br.Cl. The van der Waals surface area contributed by atoms with Gasteiger partial charge in [-0.15, -0.1) is 12.4 Å². The van der Waals surface area contributed by atoms with E-state index in [4.69, 9.17) is 5.73 Å². The molecule has 2 unspecified atom stereocenters. The fourth-order valence-electron chi connectivity index (χ4n) is 2.65. The summed E-state index contributed by atoms with van der Waals surface area (Å²) in [5.41, 5.74) is 8.47. The molecule has 4 heteroatoms. The molecule has 18 heavy (non-hydrogen) atoms. The van der Waals surface area contributed by atoms with E-state index in [0.717, 1.165) is 19.6 Å². The molecule has 1 fully saturated rings. The van der Waals surface area contributed by atoms with E-state index in [9.17, 15) is 0 Å². The topological polar surface area (TPSA) is 29.3 Å². The highest BCUT2D eigenvalue weighted by atomic mass is 79.9. The lowest BCUT2D eigenvalue weighted by Crippen LogP contribution is -2.27. The number of hydrogen-bond donors (Lipinski definition) is 1. The maximum absolute atomic E-state index is 5.76. The number of hydrogen-bond acceptors (Lipinski definition) is 2. The molecule has 1 aromatic rings. The molecule has 1 aliphatic heterocycles. The van der Waals surface area contributed by atoms with Gasteiger partial charge in [0.1, 0.15) is 0 Å². The second-order valence-corrected chi connectivity index (χ2v) is 6.05. The van der Waals surface area contributed by atoms with Gasteiger partial charge in [0.05, 0.1) is 0 Å². The van der Waals surface area contributed by atoms with Crippen molar-refractivity contribution in [2.24, 2.45) is 11.7 Å². The number of halogens is 2. The van der Waals surface area contributed by atoms with Crippen molar-refractivity contribution < 1.29 is 0 Å². The molecule has 2 N–H and O–H groups in total. The molecule has 2 rings (SSSR count). The Balaban J connectivity index is 0.00000162. The number of benzene rings is 1. The Morgan fingerprint density at radius 1 is 1.44 bits per heavy atom. The van der Waals surface area contributed by atoms with Crippen LogP contribution in [0.3, 0.4) is 0 Å². The number of nitrogens with two attached hydrogens (primary N) is 1. The smallest absolute Gasteiger partial charge is 0.0236 e. The van der Waals surface area contributed by atoms with Gasteiger partial charge in [-0.25, -0.2) is 0 Å². The van der Waals surface area contributed by atoms with Gasteiger partial charge in [0.2, 0.25) is 0 Å².